The molecular formula is C17H15FN4O3S. The van der Waals surface area contributed by atoms with Gasteiger partial charge < -0.3 is 9.30 Å². The van der Waals surface area contributed by atoms with E-state index in [0.29, 0.717) is 33.6 Å². The number of nitro benzene ring substituents is 1. The van der Waals surface area contributed by atoms with Gasteiger partial charge >= 0.3 is 0 Å². The lowest BCUT2D eigenvalue weighted by Crippen LogP contribution is -1.98. The Morgan fingerprint density at radius 3 is 2.73 bits per heavy atom. The van der Waals surface area contributed by atoms with Crippen molar-refractivity contribution in [2.45, 2.75) is 10.9 Å². The minimum absolute atomic E-state index is 0.00795. The summed E-state index contributed by atoms with van der Waals surface area (Å²) >= 11 is 1.34. The summed E-state index contributed by atoms with van der Waals surface area (Å²) in [4.78, 5) is 10.5. The van der Waals surface area contributed by atoms with Crippen molar-refractivity contribution in [2.75, 3.05) is 7.11 Å². The molecule has 26 heavy (non-hydrogen) atoms. The molecule has 0 aliphatic rings. The Hall–Kier alpha value is -2.94. The fourth-order valence-electron chi connectivity index (χ4n) is 2.45. The molecule has 0 atom stereocenters. The Bertz CT molecular complexity index is 961. The number of aromatic nitrogens is 3. The van der Waals surface area contributed by atoms with Crippen molar-refractivity contribution in [3.8, 4) is 17.1 Å². The number of non-ortho nitro benzene ring substituents is 1. The molecule has 0 fully saturated rings. The van der Waals surface area contributed by atoms with E-state index < -0.39 is 4.92 Å². The smallest absolute Gasteiger partial charge is 0.270 e. The van der Waals surface area contributed by atoms with Gasteiger partial charge in [0.15, 0.2) is 11.0 Å². The van der Waals surface area contributed by atoms with Crippen LogP contribution in [0.5, 0.6) is 5.75 Å². The number of methoxy groups -OCH3 is 1. The highest BCUT2D eigenvalue weighted by Crippen LogP contribution is 2.31. The third-order valence-corrected chi connectivity index (χ3v) is 4.85. The van der Waals surface area contributed by atoms with Gasteiger partial charge in [-0.3, -0.25) is 10.1 Å². The number of nitrogens with zero attached hydrogens (tertiary/aromatic N) is 4. The van der Waals surface area contributed by atoms with Gasteiger partial charge in [0.2, 0.25) is 0 Å². The molecule has 1 aromatic heterocycles. The first-order valence-corrected chi connectivity index (χ1v) is 8.58. The second-order valence-electron chi connectivity index (χ2n) is 5.39. The van der Waals surface area contributed by atoms with E-state index in [0.717, 1.165) is 0 Å². The normalized spacial score (nSPS) is 10.7. The first-order valence-electron chi connectivity index (χ1n) is 7.59. The van der Waals surface area contributed by atoms with Crippen LogP contribution in [0.25, 0.3) is 11.4 Å². The molecule has 3 rings (SSSR count). The van der Waals surface area contributed by atoms with Crippen molar-refractivity contribution in [1.29, 1.82) is 0 Å². The zero-order valence-corrected chi connectivity index (χ0v) is 14.9. The van der Waals surface area contributed by atoms with Gasteiger partial charge in [0, 0.05) is 30.5 Å². The lowest BCUT2D eigenvalue weighted by atomic mass is 10.2. The Morgan fingerprint density at radius 2 is 2.04 bits per heavy atom. The van der Waals surface area contributed by atoms with Gasteiger partial charge in [0.1, 0.15) is 11.6 Å². The van der Waals surface area contributed by atoms with E-state index in [4.69, 9.17) is 4.74 Å². The lowest BCUT2D eigenvalue weighted by Gasteiger charge is -2.08. The maximum absolute atomic E-state index is 14.0. The van der Waals surface area contributed by atoms with Crippen molar-refractivity contribution in [1.82, 2.24) is 14.8 Å². The number of benzene rings is 2. The van der Waals surface area contributed by atoms with Crippen molar-refractivity contribution < 1.29 is 14.1 Å². The summed E-state index contributed by atoms with van der Waals surface area (Å²) in [6.45, 7) is 0. The molecule has 3 aromatic rings. The Labute approximate surface area is 153 Å². The standard InChI is InChI=1S/C17H15FN4O3S/c1-21-16(13-5-3-4-6-14(13)18)19-20-17(21)26-10-11-9-12(22(23)24)7-8-15(11)25-2/h3-9H,10H2,1-2H3. The second-order valence-corrected chi connectivity index (χ2v) is 6.33. The highest BCUT2D eigenvalue weighted by molar-refractivity contribution is 7.98. The monoisotopic (exact) mass is 374 g/mol. The second kappa shape index (κ2) is 7.52. The maximum atomic E-state index is 14.0. The van der Waals surface area contributed by atoms with E-state index in [-0.39, 0.29) is 11.5 Å². The van der Waals surface area contributed by atoms with Gasteiger partial charge in [-0.05, 0) is 18.2 Å². The Morgan fingerprint density at radius 1 is 1.27 bits per heavy atom. The van der Waals surface area contributed by atoms with Crippen molar-refractivity contribution in [3.63, 3.8) is 0 Å². The summed E-state index contributed by atoms with van der Waals surface area (Å²) in [7, 11) is 3.25. The average molecular weight is 374 g/mol. The number of thioether (sulfide) groups is 1. The Kier molecular flexibility index (Phi) is 5.17. The first-order chi connectivity index (χ1) is 12.5. The van der Waals surface area contributed by atoms with Crippen LogP contribution < -0.4 is 4.74 Å². The molecule has 0 bridgehead atoms. The quantitative estimate of drug-likeness (QED) is 0.370. The van der Waals surface area contributed by atoms with Crippen LogP contribution in [0.3, 0.4) is 0 Å². The van der Waals surface area contributed by atoms with Crippen LogP contribution in [0.15, 0.2) is 47.6 Å². The molecule has 0 saturated carbocycles. The maximum Gasteiger partial charge on any atom is 0.270 e. The van der Waals surface area contributed by atoms with Gasteiger partial charge in [0.05, 0.1) is 17.6 Å². The van der Waals surface area contributed by atoms with Crippen LogP contribution in [0.4, 0.5) is 10.1 Å². The van der Waals surface area contributed by atoms with E-state index in [1.165, 1.54) is 37.1 Å². The lowest BCUT2D eigenvalue weighted by molar-refractivity contribution is -0.384. The van der Waals surface area contributed by atoms with E-state index in [1.807, 2.05) is 0 Å². The van der Waals surface area contributed by atoms with E-state index in [2.05, 4.69) is 10.2 Å². The number of rotatable bonds is 6. The fraction of sp³-hybridized carbons (Fsp3) is 0.176. The summed E-state index contributed by atoms with van der Waals surface area (Å²) in [6.07, 6.45) is 0. The number of nitro groups is 1. The predicted molar refractivity (Wildman–Crippen MR) is 95.6 cm³/mol. The summed E-state index contributed by atoms with van der Waals surface area (Å²) in [5, 5.41) is 19.7. The molecule has 1 heterocycles. The molecule has 0 radical (unpaired) electrons. The molecule has 7 nitrogen and oxygen atoms in total. The van der Waals surface area contributed by atoms with Gasteiger partial charge in [-0.1, -0.05) is 23.9 Å². The zero-order valence-electron chi connectivity index (χ0n) is 14.0. The van der Waals surface area contributed by atoms with E-state index in [9.17, 15) is 14.5 Å². The average Bonchev–Trinajstić information content (AvgIpc) is 3.00. The number of hydrogen-bond donors (Lipinski definition) is 0. The van der Waals surface area contributed by atoms with E-state index in [1.54, 1.807) is 35.9 Å². The first kappa shape index (κ1) is 17.9. The third-order valence-electron chi connectivity index (χ3n) is 3.78. The van der Waals surface area contributed by atoms with Crippen LogP contribution in [0.2, 0.25) is 0 Å². The number of hydrogen-bond acceptors (Lipinski definition) is 6. The summed E-state index contributed by atoms with van der Waals surface area (Å²) in [5.74, 6) is 0.991. The highest BCUT2D eigenvalue weighted by atomic mass is 32.2. The van der Waals surface area contributed by atoms with Crippen molar-refractivity contribution in [3.05, 3.63) is 64.0 Å². The summed E-state index contributed by atoms with van der Waals surface area (Å²) < 4.78 is 20.9. The van der Waals surface area contributed by atoms with Crippen LogP contribution in [0, 0.1) is 15.9 Å². The third kappa shape index (κ3) is 3.52. The number of halogens is 1. The topological polar surface area (TPSA) is 83.1 Å². The molecule has 0 aliphatic carbocycles. The van der Waals surface area contributed by atoms with Gasteiger partial charge in [-0.2, -0.15) is 0 Å². The molecule has 9 heteroatoms. The largest absolute Gasteiger partial charge is 0.496 e. The number of ether oxygens (including phenoxy) is 1. The van der Waals surface area contributed by atoms with Crippen LogP contribution in [-0.4, -0.2) is 26.8 Å². The van der Waals surface area contributed by atoms with Crippen LogP contribution in [0.1, 0.15) is 5.56 Å². The van der Waals surface area contributed by atoms with Gasteiger partial charge in [0.25, 0.3) is 5.69 Å². The summed E-state index contributed by atoms with van der Waals surface area (Å²) in [5.41, 5.74) is 1.02. The zero-order chi connectivity index (χ0) is 18.7. The molecular weight excluding hydrogens is 359 g/mol. The molecule has 2 aromatic carbocycles. The molecule has 0 N–H and O–H groups in total. The molecule has 0 saturated heterocycles. The summed E-state index contributed by atoms with van der Waals surface area (Å²) in [6, 6.07) is 10.8. The minimum Gasteiger partial charge on any atom is -0.496 e. The van der Waals surface area contributed by atoms with Crippen molar-refractivity contribution >= 4 is 17.4 Å². The predicted octanol–water partition coefficient (Wildman–Crippen LogP) is 3.83. The Balaban J connectivity index is 1.84. The van der Waals surface area contributed by atoms with Gasteiger partial charge in [-0.25, -0.2) is 4.39 Å². The van der Waals surface area contributed by atoms with E-state index >= 15 is 0 Å². The van der Waals surface area contributed by atoms with Crippen LogP contribution >= 0.6 is 11.8 Å². The van der Waals surface area contributed by atoms with Gasteiger partial charge in [-0.15, -0.1) is 10.2 Å². The SMILES string of the molecule is COc1ccc([N+](=O)[O-])cc1CSc1nnc(-c2ccccc2F)n1C. The molecule has 0 amide bonds. The minimum atomic E-state index is -0.452. The van der Waals surface area contributed by atoms with Crippen molar-refractivity contribution in [2.24, 2.45) is 7.05 Å². The molecule has 134 valence electrons. The molecule has 0 spiro atoms. The molecule has 0 aliphatic heterocycles. The highest BCUT2D eigenvalue weighted by Gasteiger charge is 2.16. The molecule has 0 unspecified atom stereocenters. The fourth-order valence-corrected chi connectivity index (χ4v) is 3.34. The van der Waals surface area contributed by atoms with Crippen LogP contribution in [-0.2, 0) is 12.8 Å².